The Kier molecular flexibility index (Phi) is 5.91. The topological polar surface area (TPSA) is 38.9 Å². The van der Waals surface area contributed by atoms with Gasteiger partial charge in [0.15, 0.2) is 10.6 Å². The number of benzene rings is 2. The number of hydrogen-bond acceptors (Lipinski definition) is 5. The maximum absolute atomic E-state index is 6.03. The first-order chi connectivity index (χ1) is 14.0. The Labute approximate surface area is 183 Å². The number of rotatable bonds is 7. The molecule has 0 atom stereocenters. The zero-order chi connectivity index (χ0) is 20.4. The number of para-hydroxylation sites is 1. The van der Waals surface area contributed by atoms with Crippen LogP contribution in [0.25, 0.3) is 21.6 Å². The summed E-state index contributed by atoms with van der Waals surface area (Å²) in [6.07, 6.45) is 1.83. The highest BCUT2D eigenvalue weighted by molar-refractivity contribution is 7.71. The summed E-state index contributed by atoms with van der Waals surface area (Å²) >= 11 is 13.4. The zero-order valence-electron chi connectivity index (χ0n) is 16.0. The predicted octanol–water partition coefficient (Wildman–Crippen LogP) is 5.62. The van der Waals surface area contributed by atoms with Crippen LogP contribution in [0.15, 0.2) is 61.2 Å². The van der Waals surface area contributed by atoms with Crippen LogP contribution in [0.2, 0.25) is 5.02 Å². The molecule has 0 aliphatic heterocycles. The molecule has 8 heteroatoms. The molecule has 5 nitrogen and oxygen atoms in total. The first-order valence-corrected chi connectivity index (χ1v) is 10.7. The maximum Gasteiger partial charge on any atom is 0.199 e. The standard InChI is InChI=1S/C21H20ClN5S2/c1-3-12-26-20(15-8-10-16(22)11-9-15)24-27(21(26)28)14-25(2)13-19-23-17-6-4-5-7-18(17)29-19/h3-11H,1,12-14H2,2H3. The van der Waals surface area contributed by atoms with Gasteiger partial charge in [0.05, 0.1) is 23.4 Å². The molecular formula is C21H20ClN5S2. The Hall–Kier alpha value is -2.32. The van der Waals surface area contributed by atoms with Crippen LogP contribution in [0, 0.1) is 4.77 Å². The fraction of sp³-hybridized carbons (Fsp3) is 0.190. The Balaban J connectivity index is 1.59. The van der Waals surface area contributed by atoms with Gasteiger partial charge in [0.2, 0.25) is 0 Å². The Morgan fingerprint density at radius 2 is 1.97 bits per heavy atom. The summed E-state index contributed by atoms with van der Waals surface area (Å²) in [6, 6.07) is 15.8. The number of halogens is 1. The lowest BCUT2D eigenvalue weighted by Crippen LogP contribution is -2.22. The van der Waals surface area contributed by atoms with Gasteiger partial charge in [0, 0.05) is 17.1 Å². The minimum Gasteiger partial charge on any atom is -0.296 e. The average molecular weight is 442 g/mol. The lowest BCUT2D eigenvalue weighted by atomic mass is 10.2. The van der Waals surface area contributed by atoms with Gasteiger partial charge in [-0.15, -0.1) is 17.9 Å². The van der Waals surface area contributed by atoms with E-state index in [1.807, 2.05) is 64.8 Å². The first-order valence-electron chi connectivity index (χ1n) is 9.12. The van der Waals surface area contributed by atoms with E-state index in [4.69, 9.17) is 33.9 Å². The van der Waals surface area contributed by atoms with Crippen molar-refractivity contribution < 1.29 is 0 Å². The quantitative estimate of drug-likeness (QED) is 0.275. The van der Waals surface area contributed by atoms with E-state index in [2.05, 4.69) is 17.5 Å². The molecule has 2 heterocycles. The molecule has 0 aliphatic rings. The SMILES string of the molecule is C=CCn1c(-c2ccc(Cl)cc2)nn(CN(C)Cc2nc3ccccc3s2)c1=S. The van der Waals surface area contributed by atoms with Crippen LogP contribution in [0.1, 0.15) is 5.01 Å². The normalized spacial score (nSPS) is 11.4. The van der Waals surface area contributed by atoms with Crippen molar-refractivity contribution in [1.82, 2.24) is 24.2 Å². The van der Waals surface area contributed by atoms with E-state index >= 15 is 0 Å². The highest BCUT2D eigenvalue weighted by Crippen LogP contribution is 2.23. The minimum atomic E-state index is 0.569. The molecule has 0 fully saturated rings. The van der Waals surface area contributed by atoms with Crippen LogP contribution in [0.4, 0.5) is 0 Å². The van der Waals surface area contributed by atoms with Crippen molar-refractivity contribution in [1.29, 1.82) is 0 Å². The second-order valence-electron chi connectivity index (χ2n) is 6.74. The van der Waals surface area contributed by atoms with E-state index in [1.165, 1.54) is 4.70 Å². The van der Waals surface area contributed by atoms with Gasteiger partial charge in [0.1, 0.15) is 5.01 Å². The number of nitrogens with zero attached hydrogens (tertiary/aromatic N) is 5. The van der Waals surface area contributed by atoms with Gasteiger partial charge in [-0.1, -0.05) is 29.8 Å². The van der Waals surface area contributed by atoms with Gasteiger partial charge in [-0.25, -0.2) is 9.67 Å². The minimum absolute atomic E-state index is 0.569. The molecule has 0 unspecified atom stereocenters. The molecule has 0 saturated heterocycles. The summed E-state index contributed by atoms with van der Waals surface area (Å²) in [5.74, 6) is 0.806. The van der Waals surface area contributed by atoms with Crippen molar-refractivity contribution in [2.75, 3.05) is 7.05 Å². The smallest absolute Gasteiger partial charge is 0.199 e. The van der Waals surface area contributed by atoms with Crippen LogP contribution in [0.5, 0.6) is 0 Å². The molecule has 4 rings (SSSR count). The first kappa shape index (κ1) is 20.0. The summed E-state index contributed by atoms with van der Waals surface area (Å²) in [5, 5.41) is 6.54. The van der Waals surface area contributed by atoms with E-state index in [-0.39, 0.29) is 0 Å². The van der Waals surface area contributed by atoms with Gasteiger partial charge in [-0.3, -0.25) is 9.47 Å². The van der Waals surface area contributed by atoms with Crippen molar-refractivity contribution in [3.05, 3.63) is 76.0 Å². The molecule has 0 aliphatic carbocycles. The highest BCUT2D eigenvalue weighted by Gasteiger charge is 2.14. The molecule has 2 aromatic heterocycles. The summed E-state index contributed by atoms with van der Waals surface area (Å²) < 4.78 is 5.69. The number of allylic oxidation sites excluding steroid dienone is 1. The molecule has 0 bridgehead atoms. The Morgan fingerprint density at radius 1 is 1.21 bits per heavy atom. The van der Waals surface area contributed by atoms with Crippen molar-refractivity contribution >= 4 is 45.4 Å². The highest BCUT2D eigenvalue weighted by atomic mass is 35.5. The Bertz CT molecular complexity index is 1170. The molecule has 2 aromatic carbocycles. The van der Waals surface area contributed by atoms with Crippen LogP contribution in [-0.2, 0) is 19.8 Å². The second-order valence-corrected chi connectivity index (χ2v) is 8.66. The number of hydrogen-bond donors (Lipinski definition) is 0. The van der Waals surface area contributed by atoms with E-state index in [9.17, 15) is 0 Å². The maximum atomic E-state index is 6.03. The van der Waals surface area contributed by atoms with Crippen LogP contribution >= 0.6 is 35.2 Å². The fourth-order valence-corrected chi connectivity index (χ4v) is 4.57. The molecule has 0 spiro atoms. The molecule has 148 valence electrons. The van der Waals surface area contributed by atoms with Crippen LogP contribution < -0.4 is 0 Å². The third-order valence-electron chi connectivity index (χ3n) is 4.46. The monoisotopic (exact) mass is 441 g/mol. The van der Waals surface area contributed by atoms with Gasteiger partial charge >= 0.3 is 0 Å². The molecule has 0 N–H and O–H groups in total. The fourth-order valence-electron chi connectivity index (χ4n) is 3.14. The lowest BCUT2D eigenvalue weighted by Gasteiger charge is -2.14. The molecule has 29 heavy (non-hydrogen) atoms. The summed E-state index contributed by atoms with van der Waals surface area (Å²) in [5.41, 5.74) is 2.01. The van der Waals surface area contributed by atoms with Crippen LogP contribution in [0.3, 0.4) is 0 Å². The average Bonchev–Trinajstić information content (AvgIpc) is 3.24. The Morgan fingerprint density at radius 3 is 2.69 bits per heavy atom. The zero-order valence-corrected chi connectivity index (χ0v) is 18.3. The largest absolute Gasteiger partial charge is 0.296 e. The number of thiazole rings is 1. The number of fused-ring (bicyclic) bond motifs is 1. The van der Waals surface area contributed by atoms with E-state index in [1.54, 1.807) is 11.3 Å². The number of aromatic nitrogens is 4. The van der Waals surface area contributed by atoms with Crippen LogP contribution in [-0.4, -0.2) is 31.3 Å². The van der Waals surface area contributed by atoms with Gasteiger partial charge in [0.25, 0.3) is 0 Å². The van der Waals surface area contributed by atoms with Gasteiger partial charge < -0.3 is 0 Å². The summed E-state index contributed by atoms with van der Waals surface area (Å²) in [6.45, 7) is 5.74. The molecule has 0 saturated carbocycles. The summed E-state index contributed by atoms with van der Waals surface area (Å²) in [4.78, 5) is 6.87. The van der Waals surface area contributed by atoms with Crippen molar-refractivity contribution in [3.8, 4) is 11.4 Å². The summed E-state index contributed by atoms with van der Waals surface area (Å²) in [7, 11) is 2.04. The van der Waals surface area contributed by atoms with E-state index in [0.717, 1.165) is 28.5 Å². The van der Waals surface area contributed by atoms with E-state index in [0.29, 0.717) is 23.0 Å². The lowest BCUT2D eigenvalue weighted by molar-refractivity contribution is 0.244. The third kappa shape index (κ3) is 4.33. The third-order valence-corrected chi connectivity index (χ3v) is 6.16. The van der Waals surface area contributed by atoms with Crippen molar-refractivity contribution in [2.24, 2.45) is 0 Å². The molecule has 4 aromatic rings. The molecular weight excluding hydrogens is 422 g/mol. The molecule has 0 amide bonds. The molecule has 0 radical (unpaired) electrons. The van der Waals surface area contributed by atoms with Crippen molar-refractivity contribution in [2.45, 2.75) is 19.8 Å². The van der Waals surface area contributed by atoms with Gasteiger partial charge in [-0.2, -0.15) is 5.10 Å². The van der Waals surface area contributed by atoms with Crippen molar-refractivity contribution in [3.63, 3.8) is 0 Å². The predicted molar refractivity (Wildman–Crippen MR) is 123 cm³/mol. The van der Waals surface area contributed by atoms with E-state index < -0.39 is 0 Å². The van der Waals surface area contributed by atoms with Gasteiger partial charge in [-0.05, 0) is 55.7 Å². The second kappa shape index (κ2) is 8.59.